The van der Waals surface area contributed by atoms with Gasteiger partial charge in [-0.15, -0.1) is 11.3 Å². The number of nitrogens with one attached hydrogen (secondary N) is 2. The third-order valence-electron chi connectivity index (χ3n) is 3.44. The number of rotatable bonds is 4. The Morgan fingerprint density at radius 1 is 1.35 bits per heavy atom. The molecule has 20 heavy (non-hydrogen) atoms. The number of thiophene rings is 1. The minimum Gasteiger partial charge on any atom is -0.397 e. The first-order valence-corrected chi connectivity index (χ1v) is 7.39. The lowest BCUT2D eigenvalue weighted by Crippen LogP contribution is -2.28. The molecule has 1 aromatic heterocycles. The Kier molecular flexibility index (Phi) is 4.17. The van der Waals surface area contributed by atoms with E-state index in [1.165, 1.54) is 22.7 Å². The van der Waals surface area contributed by atoms with Gasteiger partial charge in [0.1, 0.15) is 9.88 Å². The predicted octanol–water partition coefficient (Wildman–Crippen LogP) is 1.36. The van der Waals surface area contributed by atoms with Crippen molar-refractivity contribution in [3.63, 3.8) is 0 Å². The lowest BCUT2D eigenvalue weighted by atomic mass is 9.93. The number of hydrogen-bond donors (Lipinski definition) is 3. The van der Waals surface area contributed by atoms with Crippen LogP contribution < -0.4 is 16.4 Å². The van der Waals surface area contributed by atoms with Gasteiger partial charge in [0.05, 0.1) is 11.3 Å². The van der Waals surface area contributed by atoms with E-state index in [1.54, 1.807) is 21.1 Å². The third-order valence-corrected chi connectivity index (χ3v) is 4.56. The van der Waals surface area contributed by atoms with Gasteiger partial charge in [-0.3, -0.25) is 9.59 Å². The molecule has 110 valence electrons. The van der Waals surface area contributed by atoms with E-state index in [9.17, 15) is 9.59 Å². The summed E-state index contributed by atoms with van der Waals surface area (Å²) in [5.41, 5.74) is 6.66. The van der Waals surface area contributed by atoms with Gasteiger partial charge >= 0.3 is 0 Å². The molecule has 1 saturated carbocycles. The molecule has 2 amide bonds. The summed E-state index contributed by atoms with van der Waals surface area (Å²) in [5.74, 6) is -0.447. The van der Waals surface area contributed by atoms with Gasteiger partial charge < -0.3 is 21.3 Å². The molecule has 1 aliphatic carbocycles. The number of nitrogens with zero attached hydrogens (tertiary/aromatic N) is 1. The molecule has 0 aliphatic heterocycles. The van der Waals surface area contributed by atoms with Crippen molar-refractivity contribution in [3.8, 4) is 0 Å². The van der Waals surface area contributed by atoms with Gasteiger partial charge in [-0.05, 0) is 19.3 Å². The zero-order valence-electron chi connectivity index (χ0n) is 11.9. The summed E-state index contributed by atoms with van der Waals surface area (Å²) in [7, 11) is 4.89. The van der Waals surface area contributed by atoms with Crippen molar-refractivity contribution in [1.82, 2.24) is 10.2 Å². The maximum absolute atomic E-state index is 12.1. The highest BCUT2D eigenvalue weighted by Crippen LogP contribution is 2.38. The van der Waals surface area contributed by atoms with E-state index in [2.05, 4.69) is 10.6 Å². The second kappa shape index (κ2) is 5.70. The standard InChI is InChI=1S/C13H20N4O2S/c1-15-11(18)8-9(14)10(13(19)17(2)3)20-12(8)16-7-5-4-6-7/h7,16H,4-6,14H2,1-3H3,(H,15,18). The van der Waals surface area contributed by atoms with E-state index in [4.69, 9.17) is 5.73 Å². The van der Waals surface area contributed by atoms with Gasteiger partial charge in [-0.25, -0.2) is 0 Å². The fourth-order valence-electron chi connectivity index (χ4n) is 2.00. The van der Waals surface area contributed by atoms with Gasteiger partial charge in [-0.2, -0.15) is 0 Å². The van der Waals surface area contributed by atoms with Crippen LogP contribution in [0.4, 0.5) is 10.7 Å². The summed E-state index contributed by atoms with van der Waals surface area (Å²) < 4.78 is 0. The minimum absolute atomic E-state index is 0.181. The van der Waals surface area contributed by atoms with E-state index in [1.807, 2.05) is 0 Å². The van der Waals surface area contributed by atoms with Gasteiger partial charge in [-0.1, -0.05) is 0 Å². The Morgan fingerprint density at radius 2 is 2.00 bits per heavy atom. The van der Waals surface area contributed by atoms with Gasteiger partial charge in [0, 0.05) is 27.2 Å². The number of carbonyl (C=O) groups excluding carboxylic acids is 2. The molecule has 0 aromatic carbocycles. The summed E-state index contributed by atoms with van der Waals surface area (Å²) in [6.45, 7) is 0. The molecule has 1 aliphatic rings. The molecule has 0 radical (unpaired) electrons. The second-order valence-electron chi connectivity index (χ2n) is 5.10. The Hall–Kier alpha value is -1.76. The normalized spacial score (nSPS) is 14.6. The highest BCUT2D eigenvalue weighted by Gasteiger charge is 2.28. The first kappa shape index (κ1) is 14.6. The van der Waals surface area contributed by atoms with E-state index < -0.39 is 0 Å². The molecular weight excluding hydrogens is 276 g/mol. The molecule has 6 nitrogen and oxygen atoms in total. The molecule has 0 saturated heterocycles. The zero-order chi connectivity index (χ0) is 14.9. The SMILES string of the molecule is CNC(=O)c1c(NC2CCC2)sc(C(=O)N(C)C)c1N. The van der Waals surface area contributed by atoms with Gasteiger partial charge in [0.15, 0.2) is 0 Å². The molecule has 1 heterocycles. The van der Waals surface area contributed by atoms with E-state index in [0.29, 0.717) is 21.5 Å². The summed E-state index contributed by atoms with van der Waals surface area (Å²) in [6.07, 6.45) is 3.36. The van der Waals surface area contributed by atoms with Gasteiger partial charge in [0.2, 0.25) is 0 Å². The molecule has 4 N–H and O–H groups in total. The Balaban J connectivity index is 2.39. The number of hydrogen-bond acceptors (Lipinski definition) is 5. The number of amides is 2. The van der Waals surface area contributed by atoms with Gasteiger partial charge in [0.25, 0.3) is 11.8 Å². The van der Waals surface area contributed by atoms with Crippen LogP contribution in [0.2, 0.25) is 0 Å². The fraction of sp³-hybridized carbons (Fsp3) is 0.538. The smallest absolute Gasteiger partial charge is 0.265 e. The van der Waals surface area contributed by atoms with Crippen molar-refractivity contribution in [3.05, 3.63) is 10.4 Å². The number of carbonyl (C=O) groups is 2. The first-order chi connectivity index (χ1) is 9.45. The number of nitrogen functional groups attached to an aromatic ring is 1. The lowest BCUT2D eigenvalue weighted by Gasteiger charge is -2.27. The van der Waals surface area contributed by atoms with Crippen molar-refractivity contribution in [1.29, 1.82) is 0 Å². The molecule has 0 atom stereocenters. The Labute approximate surface area is 122 Å². The Bertz CT molecular complexity index is 535. The molecule has 1 fully saturated rings. The van der Waals surface area contributed by atoms with Crippen LogP contribution in [0.15, 0.2) is 0 Å². The zero-order valence-corrected chi connectivity index (χ0v) is 12.8. The van der Waals surface area contributed by atoms with Crippen LogP contribution in [0.25, 0.3) is 0 Å². The second-order valence-corrected chi connectivity index (χ2v) is 6.12. The van der Waals surface area contributed by atoms with Crippen molar-refractivity contribution in [2.75, 3.05) is 32.2 Å². The molecule has 0 unspecified atom stereocenters. The largest absolute Gasteiger partial charge is 0.397 e. The summed E-state index contributed by atoms with van der Waals surface area (Å²) in [4.78, 5) is 26.0. The van der Waals surface area contributed by atoms with Crippen molar-refractivity contribution >= 4 is 33.8 Å². The average Bonchev–Trinajstić information content (AvgIpc) is 2.69. The van der Waals surface area contributed by atoms with Crippen LogP contribution in [0.3, 0.4) is 0 Å². The van der Waals surface area contributed by atoms with Crippen LogP contribution in [0.1, 0.15) is 39.3 Å². The lowest BCUT2D eigenvalue weighted by molar-refractivity contribution is 0.0833. The molecule has 0 spiro atoms. The molecular formula is C13H20N4O2S. The maximum atomic E-state index is 12.1. The van der Waals surface area contributed by atoms with E-state index >= 15 is 0 Å². The van der Waals surface area contributed by atoms with Crippen LogP contribution in [-0.4, -0.2) is 43.9 Å². The van der Waals surface area contributed by atoms with Crippen LogP contribution in [0.5, 0.6) is 0 Å². The van der Waals surface area contributed by atoms with Crippen LogP contribution in [0, 0.1) is 0 Å². The summed E-state index contributed by atoms with van der Waals surface area (Å²) in [6, 6.07) is 0.374. The fourth-order valence-corrected chi connectivity index (χ4v) is 3.21. The minimum atomic E-state index is -0.265. The highest BCUT2D eigenvalue weighted by atomic mass is 32.1. The van der Waals surface area contributed by atoms with Crippen LogP contribution in [-0.2, 0) is 0 Å². The Morgan fingerprint density at radius 3 is 2.45 bits per heavy atom. The highest BCUT2D eigenvalue weighted by molar-refractivity contribution is 7.19. The van der Waals surface area contributed by atoms with Crippen molar-refractivity contribution in [2.45, 2.75) is 25.3 Å². The summed E-state index contributed by atoms with van der Waals surface area (Å²) in [5, 5.41) is 6.59. The maximum Gasteiger partial charge on any atom is 0.265 e. The number of nitrogens with two attached hydrogens (primary N) is 1. The summed E-state index contributed by atoms with van der Waals surface area (Å²) >= 11 is 1.26. The molecule has 1 aromatic rings. The average molecular weight is 296 g/mol. The predicted molar refractivity (Wildman–Crippen MR) is 81.4 cm³/mol. The molecule has 0 bridgehead atoms. The van der Waals surface area contributed by atoms with Crippen molar-refractivity contribution < 1.29 is 9.59 Å². The third kappa shape index (κ3) is 2.58. The first-order valence-electron chi connectivity index (χ1n) is 6.58. The van der Waals surface area contributed by atoms with Crippen molar-refractivity contribution in [2.24, 2.45) is 0 Å². The quantitative estimate of drug-likeness (QED) is 0.783. The topological polar surface area (TPSA) is 87.5 Å². The molecule has 7 heteroatoms. The van der Waals surface area contributed by atoms with E-state index in [-0.39, 0.29) is 17.5 Å². The van der Waals surface area contributed by atoms with E-state index in [0.717, 1.165) is 12.8 Å². The monoisotopic (exact) mass is 296 g/mol. The number of anilines is 2. The van der Waals surface area contributed by atoms with Crippen LogP contribution >= 0.6 is 11.3 Å². The molecule has 2 rings (SSSR count).